The Balaban J connectivity index is 1.71. The number of hydrogen-bond donors (Lipinski definition) is 1. The number of benzene rings is 2. The molecule has 0 saturated heterocycles. The summed E-state index contributed by atoms with van der Waals surface area (Å²) in [5.41, 5.74) is 1.27. The van der Waals surface area contributed by atoms with Gasteiger partial charge in [0.2, 0.25) is 5.95 Å². The van der Waals surface area contributed by atoms with Crippen molar-refractivity contribution in [3.8, 4) is 11.4 Å². The molecule has 0 aliphatic rings. The van der Waals surface area contributed by atoms with Crippen molar-refractivity contribution in [2.75, 3.05) is 11.9 Å². The lowest BCUT2D eigenvalue weighted by Crippen LogP contribution is -2.18. The average Bonchev–Trinajstić information content (AvgIpc) is 3.13. The first kappa shape index (κ1) is 20.5. The number of aromatic nitrogens is 3. The van der Waals surface area contributed by atoms with Gasteiger partial charge in [-0.05, 0) is 42.0 Å². The number of hydrogen-bond acceptors (Lipinski definition) is 5. The van der Waals surface area contributed by atoms with E-state index in [2.05, 4.69) is 14.8 Å². The van der Waals surface area contributed by atoms with E-state index in [4.69, 9.17) is 16.7 Å². The summed E-state index contributed by atoms with van der Waals surface area (Å²) in [6.07, 6.45) is -3.34. The molecule has 152 valence electrons. The minimum absolute atomic E-state index is 0.0850. The van der Waals surface area contributed by atoms with Gasteiger partial charge in [-0.3, -0.25) is 0 Å². The normalized spacial score (nSPS) is 11.3. The molecule has 0 aliphatic heterocycles. The predicted octanol–water partition coefficient (Wildman–Crippen LogP) is 4.15. The van der Waals surface area contributed by atoms with Crippen LogP contribution < -0.4 is 9.64 Å². The van der Waals surface area contributed by atoms with Crippen LogP contribution in [-0.4, -0.2) is 39.3 Å². The van der Waals surface area contributed by atoms with Crippen LogP contribution in [0, 0.1) is 0 Å². The minimum Gasteiger partial charge on any atom is -0.478 e. The smallest absolute Gasteiger partial charge is 0.478 e. The molecular formula is C18H14ClF3N4O3. The van der Waals surface area contributed by atoms with Crippen LogP contribution in [0.25, 0.3) is 5.69 Å². The zero-order chi connectivity index (χ0) is 21.2. The Morgan fingerprint density at radius 2 is 1.93 bits per heavy atom. The Morgan fingerprint density at radius 1 is 1.24 bits per heavy atom. The van der Waals surface area contributed by atoms with Crippen molar-refractivity contribution in [1.82, 2.24) is 14.8 Å². The van der Waals surface area contributed by atoms with Crippen molar-refractivity contribution >= 4 is 23.5 Å². The highest BCUT2D eigenvalue weighted by Crippen LogP contribution is 2.24. The van der Waals surface area contributed by atoms with E-state index in [0.717, 1.165) is 0 Å². The van der Waals surface area contributed by atoms with Crippen molar-refractivity contribution in [2.24, 2.45) is 0 Å². The van der Waals surface area contributed by atoms with Crippen LogP contribution in [0.4, 0.5) is 19.1 Å². The fourth-order valence-corrected chi connectivity index (χ4v) is 2.73. The molecule has 3 rings (SSSR count). The number of halogens is 4. The summed E-state index contributed by atoms with van der Waals surface area (Å²) in [5.74, 6) is -1.06. The molecule has 1 aromatic heterocycles. The van der Waals surface area contributed by atoms with E-state index in [1.807, 2.05) is 0 Å². The zero-order valence-corrected chi connectivity index (χ0v) is 15.6. The number of anilines is 1. The summed E-state index contributed by atoms with van der Waals surface area (Å²) >= 11 is 6.14. The highest BCUT2D eigenvalue weighted by molar-refractivity contribution is 6.31. The fraction of sp³-hybridized carbons (Fsp3) is 0.167. The van der Waals surface area contributed by atoms with E-state index in [1.165, 1.54) is 47.4 Å². The van der Waals surface area contributed by atoms with Crippen molar-refractivity contribution in [1.29, 1.82) is 0 Å². The minimum atomic E-state index is -4.76. The molecule has 2 aromatic carbocycles. The maximum Gasteiger partial charge on any atom is 0.573 e. The van der Waals surface area contributed by atoms with Gasteiger partial charge >= 0.3 is 12.3 Å². The predicted molar refractivity (Wildman–Crippen MR) is 98.6 cm³/mol. The summed E-state index contributed by atoms with van der Waals surface area (Å²) < 4.78 is 41.9. The Kier molecular flexibility index (Phi) is 5.64. The molecule has 0 fully saturated rings. The first-order valence-corrected chi connectivity index (χ1v) is 8.51. The number of ether oxygens (including phenoxy) is 1. The standard InChI is InChI=1S/C18H14ClF3N4O3/c1-25(9-12-3-2-11(16(27)28)8-15(12)19)17-23-10-26(24-17)13-4-6-14(7-5-13)29-18(20,21)22/h2-8,10H,9H2,1H3,(H,27,28). The number of nitrogens with zero attached hydrogens (tertiary/aromatic N) is 4. The number of carbonyl (C=O) groups is 1. The van der Waals surface area contributed by atoms with Gasteiger partial charge in [0.15, 0.2) is 0 Å². The summed E-state index contributed by atoms with van der Waals surface area (Å²) in [7, 11) is 1.72. The zero-order valence-electron chi connectivity index (χ0n) is 14.9. The molecule has 1 heterocycles. The summed E-state index contributed by atoms with van der Waals surface area (Å²) in [5, 5.41) is 13.6. The molecule has 0 amide bonds. The summed E-state index contributed by atoms with van der Waals surface area (Å²) in [6.45, 7) is 0.321. The number of alkyl halides is 3. The van der Waals surface area contributed by atoms with Gasteiger partial charge in [-0.1, -0.05) is 17.7 Å². The molecule has 0 unspecified atom stereocenters. The molecular weight excluding hydrogens is 413 g/mol. The fourth-order valence-electron chi connectivity index (χ4n) is 2.49. The van der Waals surface area contributed by atoms with Crippen LogP contribution in [0.5, 0.6) is 5.75 Å². The largest absolute Gasteiger partial charge is 0.573 e. The van der Waals surface area contributed by atoms with Crippen molar-refractivity contribution in [2.45, 2.75) is 12.9 Å². The van der Waals surface area contributed by atoms with E-state index in [-0.39, 0.29) is 11.3 Å². The summed E-state index contributed by atoms with van der Waals surface area (Å²) in [4.78, 5) is 16.8. The van der Waals surface area contributed by atoms with Crippen LogP contribution in [-0.2, 0) is 6.54 Å². The molecule has 0 aliphatic carbocycles. The lowest BCUT2D eigenvalue weighted by atomic mass is 10.1. The van der Waals surface area contributed by atoms with E-state index < -0.39 is 12.3 Å². The maximum atomic E-state index is 12.2. The van der Waals surface area contributed by atoms with Gasteiger partial charge in [-0.2, -0.15) is 4.98 Å². The molecule has 0 radical (unpaired) electrons. The molecule has 0 atom stereocenters. The van der Waals surface area contributed by atoms with Crippen molar-refractivity contribution in [3.05, 3.63) is 64.9 Å². The maximum absolute atomic E-state index is 12.2. The number of aromatic carboxylic acids is 1. The molecule has 11 heteroatoms. The van der Waals surface area contributed by atoms with Crippen LogP contribution in [0.15, 0.2) is 48.8 Å². The topological polar surface area (TPSA) is 80.5 Å². The second-order valence-corrected chi connectivity index (χ2v) is 6.41. The first-order chi connectivity index (χ1) is 13.6. The van der Waals surface area contributed by atoms with Crippen LogP contribution in [0.1, 0.15) is 15.9 Å². The van der Waals surface area contributed by atoms with Crippen molar-refractivity contribution in [3.63, 3.8) is 0 Å². The highest BCUT2D eigenvalue weighted by atomic mass is 35.5. The van der Waals surface area contributed by atoms with Gasteiger partial charge in [0.1, 0.15) is 12.1 Å². The quantitative estimate of drug-likeness (QED) is 0.637. The van der Waals surface area contributed by atoms with Gasteiger partial charge in [0, 0.05) is 18.6 Å². The third-order valence-corrected chi connectivity index (χ3v) is 4.22. The molecule has 0 bridgehead atoms. The third kappa shape index (κ3) is 5.17. The number of rotatable bonds is 6. The Bertz CT molecular complexity index is 1020. The van der Waals surface area contributed by atoms with Gasteiger partial charge in [-0.25, -0.2) is 9.48 Å². The second-order valence-electron chi connectivity index (χ2n) is 6.00. The SMILES string of the molecule is CN(Cc1ccc(C(=O)O)cc1Cl)c1ncn(-c2ccc(OC(F)(F)F)cc2)n1. The van der Waals surface area contributed by atoms with E-state index in [9.17, 15) is 18.0 Å². The van der Waals surface area contributed by atoms with Crippen LogP contribution >= 0.6 is 11.6 Å². The number of carboxylic acid groups (broad SMARTS) is 1. The third-order valence-electron chi connectivity index (χ3n) is 3.86. The Morgan fingerprint density at radius 3 is 2.52 bits per heavy atom. The second kappa shape index (κ2) is 8.00. The average molecular weight is 427 g/mol. The molecule has 0 saturated carbocycles. The van der Waals surface area contributed by atoms with Crippen molar-refractivity contribution < 1.29 is 27.8 Å². The molecule has 0 spiro atoms. The number of carboxylic acids is 1. The molecule has 3 aromatic rings. The first-order valence-electron chi connectivity index (χ1n) is 8.13. The molecule has 7 nitrogen and oxygen atoms in total. The molecule has 29 heavy (non-hydrogen) atoms. The lowest BCUT2D eigenvalue weighted by molar-refractivity contribution is -0.274. The van der Waals surface area contributed by atoms with Crippen LogP contribution in [0.3, 0.4) is 0 Å². The van der Waals surface area contributed by atoms with Gasteiger partial charge in [0.05, 0.1) is 11.3 Å². The molecule has 1 N–H and O–H groups in total. The van der Waals surface area contributed by atoms with Gasteiger partial charge < -0.3 is 14.7 Å². The summed E-state index contributed by atoms with van der Waals surface area (Å²) in [6, 6.07) is 9.62. The Hall–Kier alpha value is -3.27. The van der Waals surface area contributed by atoms with E-state index in [1.54, 1.807) is 18.0 Å². The van der Waals surface area contributed by atoms with Crippen LogP contribution in [0.2, 0.25) is 5.02 Å². The van der Waals surface area contributed by atoms with Gasteiger partial charge in [-0.15, -0.1) is 18.3 Å². The monoisotopic (exact) mass is 426 g/mol. The van der Waals surface area contributed by atoms with E-state index >= 15 is 0 Å². The Labute approximate surface area is 167 Å². The highest BCUT2D eigenvalue weighted by Gasteiger charge is 2.31. The lowest BCUT2D eigenvalue weighted by Gasteiger charge is -2.16. The van der Waals surface area contributed by atoms with E-state index in [0.29, 0.717) is 28.8 Å². The van der Waals surface area contributed by atoms with Gasteiger partial charge in [0.25, 0.3) is 0 Å².